The van der Waals surface area contributed by atoms with E-state index in [1.54, 1.807) is 13.2 Å². The van der Waals surface area contributed by atoms with Gasteiger partial charge in [0.2, 0.25) is 10.0 Å². The second kappa shape index (κ2) is 7.58. The summed E-state index contributed by atoms with van der Waals surface area (Å²) in [6, 6.07) is 3.47. The number of benzene rings is 1. The van der Waals surface area contributed by atoms with Crippen molar-refractivity contribution >= 4 is 21.6 Å². The van der Waals surface area contributed by atoms with E-state index in [-0.39, 0.29) is 6.04 Å². The predicted octanol–water partition coefficient (Wildman–Crippen LogP) is 3.09. The van der Waals surface area contributed by atoms with Crippen LogP contribution in [0.2, 0.25) is 0 Å². The van der Waals surface area contributed by atoms with Crippen molar-refractivity contribution in [3.63, 3.8) is 0 Å². The molecule has 0 unspecified atom stereocenters. The summed E-state index contributed by atoms with van der Waals surface area (Å²) < 4.78 is 32.4. The number of nitrogens with zero attached hydrogens (tertiary/aromatic N) is 1. The van der Waals surface area contributed by atoms with Gasteiger partial charge in [-0.05, 0) is 50.5 Å². The maximum absolute atomic E-state index is 12.9. The third-order valence-corrected chi connectivity index (χ3v) is 6.02. The van der Waals surface area contributed by atoms with Gasteiger partial charge in [0.1, 0.15) is 0 Å². The third-order valence-electron chi connectivity index (χ3n) is 3.51. The molecule has 1 aromatic carbocycles. The number of methoxy groups -OCH3 is 1. The van der Waals surface area contributed by atoms with Crippen LogP contribution < -0.4 is 0 Å². The number of alkyl halides is 1. The molecule has 0 saturated heterocycles. The molecule has 0 radical (unpaired) electrons. The molecule has 120 valence electrons. The zero-order chi connectivity index (χ0) is 16.2. The third kappa shape index (κ3) is 4.19. The largest absolute Gasteiger partial charge is 0.383 e. The highest BCUT2D eigenvalue weighted by Gasteiger charge is 2.28. The molecule has 1 rings (SSSR count). The molecule has 0 spiro atoms. The number of aryl methyl sites for hydroxylation is 1. The zero-order valence-electron chi connectivity index (χ0n) is 13.3. The van der Waals surface area contributed by atoms with Gasteiger partial charge in [-0.15, -0.1) is 11.6 Å². The summed E-state index contributed by atoms with van der Waals surface area (Å²) in [6.45, 7) is 8.15. The summed E-state index contributed by atoms with van der Waals surface area (Å²) in [5.74, 6) is 0.295. The molecule has 0 aliphatic heterocycles. The van der Waals surface area contributed by atoms with Crippen LogP contribution in [0.3, 0.4) is 0 Å². The summed E-state index contributed by atoms with van der Waals surface area (Å²) in [5, 5.41) is 0. The molecule has 21 heavy (non-hydrogen) atoms. The molecular formula is C15H24ClNO3S. The lowest BCUT2D eigenvalue weighted by atomic mass is 10.1. The highest BCUT2D eigenvalue weighted by molar-refractivity contribution is 7.89. The first-order chi connectivity index (χ1) is 9.75. The fraction of sp³-hybridized carbons (Fsp3) is 0.600. The molecule has 0 fully saturated rings. The van der Waals surface area contributed by atoms with Crippen molar-refractivity contribution in [2.45, 2.75) is 44.5 Å². The van der Waals surface area contributed by atoms with Crippen LogP contribution in [0.15, 0.2) is 17.0 Å². The summed E-state index contributed by atoms with van der Waals surface area (Å²) in [6.07, 6.45) is 0. The van der Waals surface area contributed by atoms with Crippen molar-refractivity contribution in [1.29, 1.82) is 0 Å². The molecule has 1 aromatic rings. The van der Waals surface area contributed by atoms with Crippen molar-refractivity contribution in [2.75, 3.05) is 20.3 Å². The van der Waals surface area contributed by atoms with E-state index in [4.69, 9.17) is 16.3 Å². The van der Waals surface area contributed by atoms with E-state index in [0.717, 1.165) is 16.7 Å². The smallest absolute Gasteiger partial charge is 0.243 e. The standard InChI is InChI=1S/C15H24ClNO3S/c1-11(2)17(6-7-20-5)21(18,19)15-9-14(10-16)8-12(3)13(15)4/h8-9,11H,6-7,10H2,1-5H3. The van der Waals surface area contributed by atoms with Crippen LogP contribution in [0, 0.1) is 13.8 Å². The second-order valence-corrected chi connectivity index (χ2v) is 7.50. The number of halogens is 1. The van der Waals surface area contributed by atoms with E-state index in [9.17, 15) is 8.42 Å². The van der Waals surface area contributed by atoms with E-state index in [2.05, 4.69) is 0 Å². The number of hydrogen-bond donors (Lipinski definition) is 0. The Bertz CT molecular complexity index is 585. The van der Waals surface area contributed by atoms with Gasteiger partial charge in [-0.2, -0.15) is 4.31 Å². The molecule has 0 aliphatic carbocycles. The Morgan fingerprint density at radius 1 is 1.29 bits per heavy atom. The average molecular weight is 334 g/mol. The van der Waals surface area contributed by atoms with Crippen LogP contribution in [-0.2, 0) is 20.6 Å². The first kappa shape index (κ1) is 18.4. The van der Waals surface area contributed by atoms with Crippen LogP contribution in [0.1, 0.15) is 30.5 Å². The molecule has 6 heteroatoms. The maximum Gasteiger partial charge on any atom is 0.243 e. The monoisotopic (exact) mass is 333 g/mol. The molecular weight excluding hydrogens is 310 g/mol. The molecule has 0 bridgehead atoms. The minimum atomic E-state index is -3.56. The Morgan fingerprint density at radius 3 is 2.38 bits per heavy atom. The van der Waals surface area contributed by atoms with Crippen molar-refractivity contribution in [1.82, 2.24) is 4.31 Å². The van der Waals surface area contributed by atoms with Gasteiger partial charge in [-0.25, -0.2) is 8.42 Å². The highest BCUT2D eigenvalue weighted by atomic mass is 35.5. The summed E-state index contributed by atoms with van der Waals surface area (Å²) in [4.78, 5) is 0.336. The fourth-order valence-electron chi connectivity index (χ4n) is 2.21. The van der Waals surface area contributed by atoms with Gasteiger partial charge in [0, 0.05) is 25.6 Å². The van der Waals surface area contributed by atoms with Crippen molar-refractivity contribution < 1.29 is 13.2 Å². The first-order valence-electron chi connectivity index (χ1n) is 6.92. The number of rotatable bonds is 7. The lowest BCUT2D eigenvalue weighted by Gasteiger charge is -2.27. The van der Waals surface area contributed by atoms with Crippen LogP contribution >= 0.6 is 11.6 Å². The van der Waals surface area contributed by atoms with Gasteiger partial charge in [-0.1, -0.05) is 6.07 Å². The Morgan fingerprint density at radius 2 is 1.90 bits per heavy atom. The van der Waals surface area contributed by atoms with E-state index >= 15 is 0 Å². The SMILES string of the molecule is COCCN(C(C)C)S(=O)(=O)c1cc(CCl)cc(C)c1C. The van der Waals surface area contributed by atoms with Gasteiger partial charge >= 0.3 is 0 Å². The molecule has 0 atom stereocenters. The van der Waals surface area contributed by atoms with Crippen LogP contribution in [0.25, 0.3) is 0 Å². The Balaban J connectivity index is 3.37. The minimum Gasteiger partial charge on any atom is -0.383 e. The lowest BCUT2D eigenvalue weighted by molar-refractivity contribution is 0.171. The van der Waals surface area contributed by atoms with Crippen LogP contribution in [-0.4, -0.2) is 39.0 Å². The van der Waals surface area contributed by atoms with Crippen molar-refractivity contribution in [3.8, 4) is 0 Å². The minimum absolute atomic E-state index is 0.135. The number of hydrogen-bond acceptors (Lipinski definition) is 3. The summed E-state index contributed by atoms with van der Waals surface area (Å²) in [5.41, 5.74) is 2.52. The lowest BCUT2D eigenvalue weighted by Crippen LogP contribution is -2.39. The molecule has 4 nitrogen and oxygen atoms in total. The van der Waals surface area contributed by atoms with Crippen molar-refractivity contribution in [3.05, 3.63) is 28.8 Å². The van der Waals surface area contributed by atoms with Gasteiger partial charge in [0.15, 0.2) is 0 Å². The Kier molecular flexibility index (Phi) is 6.66. The second-order valence-electron chi connectivity index (χ2n) is 5.37. The maximum atomic E-state index is 12.9. The Hall–Kier alpha value is -0.620. The molecule has 0 heterocycles. The topological polar surface area (TPSA) is 46.6 Å². The number of sulfonamides is 1. The summed E-state index contributed by atoms with van der Waals surface area (Å²) in [7, 11) is -2.00. The summed E-state index contributed by atoms with van der Waals surface area (Å²) >= 11 is 5.87. The number of ether oxygens (including phenoxy) is 1. The molecule has 0 saturated carbocycles. The fourth-order valence-corrected chi connectivity index (χ4v) is 4.33. The molecule has 0 aliphatic rings. The zero-order valence-corrected chi connectivity index (χ0v) is 14.9. The highest BCUT2D eigenvalue weighted by Crippen LogP contribution is 2.26. The van der Waals surface area contributed by atoms with Crippen LogP contribution in [0.5, 0.6) is 0 Å². The average Bonchev–Trinajstić information content (AvgIpc) is 2.41. The normalized spacial score (nSPS) is 12.4. The predicted molar refractivity (Wildman–Crippen MR) is 86.4 cm³/mol. The van der Waals surface area contributed by atoms with Crippen LogP contribution in [0.4, 0.5) is 0 Å². The molecule has 0 amide bonds. The van der Waals surface area contributed by atoms with Gasteiger partial charge < -0.3 is 4.74 Å². The molecule has 0 N–H and O–H groups in total. The quantitative estimate of drug-likeness (QED) is 0.720. The van der Waals surface area contributed by atoms with Gasteiger partial charge in [-0.3, -0.25) is 0 Å². The van der Waals surface area contributed by atoms with E-state index in [1.165, 1.54) is 4.31 Å². The van der Waals surface area contributed by atoms with Gasteiger partial charge in [0.25, 0.3) is 0 Å². The molecule has 0 aromatic heterocycles. The van der Waals surface area contributed by atoms with Crippen molar-refractivity contribution in [2.24, 2.45) is 0 Å². The first-order valence-corrected chi connectivity index (χ1v) is 8.90. The Labute approximate surface area is 133 Å². The van der Waals surface area contributed by atoms with E-state index in [0.29, 0.717) is 23.9 Å². The van der Waals surface area contributed by atoms with Gasteiger partial charge in [0.05, 0.1) is 11.5 Å². The van der Waals surface area contributed by atoms with E-state index < -0.39 is 10.0 Å². The van der Waals surface area contributed by atoms with E-state index in [1.807, 2.05) is 33.8 Å².